The van der Waals surface area contributed by atoms with E-state index in [1.165, 1.54) is 21.5 Å². The van der Waals surface area contributed by atoms with Crippen LogP contribution in [0.4, 0.5) is 0 Å². The number of fused-ring (bicyclic) bond motifs is 1. The summed E-state index contributed by atoms with van der Waals surface area (Å²) < 4.78 is 13.9. The summed E-state index contributed by atoms with van der Waals surface area (Å²) in [6.45, 7) is 6.61. The average molecular weight is 692 g/mol. The minimum absolute atomic E-state index is 0.0804. The summed E-state index contributed by atoms with van der Waals surface area (Å²) in [6.07, 6.45) is 0.658. The van der Waals surface area contributed by atoms with Gasteiger partial charge in [0.1, 0.15) is 11.8 Å². The highest BCUT2D eigenvalue weighted by Gasteiger charge is 2.37. The molecule has 5 aromatic carbocycles. The van der Waals surface area contributed by atoms with Crippen molar-refractivity contribution in [1.29, 1.82) is 0 Å². The molecule has 2 atom stereocenters. The Hall–Kier alpha value is -5.01. The largest absolute Gasteiger partial charge is 0.540 e. The molecule has 0 saturated heterocycles. The molecule has 0 saturated carbocycles. The van der Waals surface area contributed by atoms with Gasteiger partial charge >= 0.3 is 0 Å². The Balaban J connectivity index is 1.41. The molecule has 0 fully saturated rings. The van der Waals surface area contributed by atoms with Gasteiger partial charge in [-0.1, -0.05) is 160 Å². The van der Waals surface area contributed by atoms with Crippen molar-refractivity contribution < 1.29 is 19.1 Å². The Labute approximate surface area is 302 Å². The molecule has 1 aliphatic rings. The minimum Gasteiger partial charge on any atom is -0.540 e. The van der Waals surface area contributed by atoms with E-state index in [0.717, 1.165) is 34.4 Å². The van der Waals surface area contributed by atoms with Crippen molar-refractivity contribution in [3.63, 3.8) is 0 Å². The van der Waals surface area contributed by atoms with Gasteiger partial charge in [-0.05, 0) is 45.3 Å². The van der Waals surface area contributed by atoms with E-state index in [-0.39, 0.29) is 17.9 Å². The topological polar surface area (TPSA) is 75.7 Å². The predicted octanol–water partition coefficient (Wildman–Crippen LogP) is 8.25. The molecule has 51 heavy (non-hydrogen) atoms. The third kappa shape index (κ3) is 7.26. The van der Waals surface area contributed by atoms with Crippen molar-refractivity contribution in [3.8, 4) is 22.6 Å². The van der Waals surface area contributed by atoms with Gasteiger partial charge in [-0.25, -0.2) is 4.98 Å². The summed E-state index contributed by atoms with van der Waals surface area (Å²) in [7, 11) is -2.22. The lowest BCUT2D eigenvalue weighted by Gasteiger charge is -2.35. The molecule has 2 N–H and O–H groups in total. The van der Waals surface area contributed by atoms with Crippen LogP contribution in [0.15, 0.2) is 150 Å². The Bertz CT molecular complexity index is 1990. The zero-order valence-corrected chi connectivity index (χ0v) is 30.7. The van der Waals surface area contributed by atoms with Crippen molar-refractivity contribution in [1.82, 2.24) is 4.98 Å². The highest BCUT2D eigenvalue weighted by Crippen LogP contribution is 2.47. The molecule has 2 unspecified atom stereocenters. The third-order valence-electron chi connectivity index (χ3n) is 9.81. The molecule has 1 aromatic heterocycles. The maximum Gasteiger partial charge on any atom is 0.298 e. The fourth-order valence-electron chi connectivity index (χ4n) is 7.40. The van der Waals surface area contributed by atoms with Crippen LogP contribution in [0, 0.1) is 5.92 Å². The standard InChI is InChI=1S/C45H45NO4Si/c1-45(2,3)38-26-16-25-36-35(38)27-28-39(50-51(33-21-12-6-13-22-33)34-23-14-7-15-24-34)40(36)37(29-30-47)42(48)44-46-41(31-17-8-4-9-18-31)43(49-44)32-19-10-5-11-20-32/h4-26,37,42,47-48,51H,27-30H2,1-3H3. The monoisotopic (exact) mass is 691 g/mol. The Morgan fingerprint density at radius 1 is 0.725 bits per heavy atom. The first-order chi connectivity index (χ1) is 24.8. The highest BCUT2D eigenvalue weighted by molar-refractivity contribution is 6.80. The SMILES string of the molecule is CC(C)(C)c1cccc2c1CCC(O[SiH](c1ccccc1)c1ccccc1)=C2C(CCO)C(O)c1nc(-c2ccccc2)c(-c2ccccc2)o1. The van der Waals surface area contributed by atoms with E-state index >= 15 is 0 Å². The lowest BCUT2D eigenvalue weighted by atomic mass is 9.73. The van der Waals surface area contributed by atoms with Crippen LogP contribution in [0.1, 0.15) is 62.3 Å². The second-order valence-electron chi connectivity index (χ2n) is 14.3. The molecular formula is C45H45NO4Si. The number of oxazole rings is 1. The second-order valence-corrected chi connectivity index (χ2v) is 16.6. The normalized spacial score (nSPS) is 14.3. The molecule has 1 heterocycles. The van der Waals surface area contributed by atoms with E-state index in [1.54, 1.807) is 0 Å². The molecule has 6 heteroatoms. The van der Waals surface area contributed by atoms with Crippen molar-refractivity contribution in [3.05, 3.63) is 168 Å². The van der Waals surface area contributed by atoms with Gasteiger partial charge < -0.3 is 19.1 Å². The number of allylic oxidation sites excluding steroid dienone is 1. The van der Waals surface area contributed by atoms with Crippen LogP contribution >= 0.6 is 0 Å². The van der Waals surface area contributed by atoms with E-state index in [1.807, 2.05) is 72.8 Å². The summed E-state index contributed by atoms with van der Waals surface area (Å²) >= 11 is 0. The number of benzene rings is 5. The fraction of sp³-hybridized carbons (Fsp3) is 0.222. The number of hydrogen-bond donors (Lipinski definition) is 2. The van der Waals surface area contributed by atoms with Crippen molar-refractivity contribution in [2.75, 3.05) is 6.61 Å². The second kappa shape index (κ2) is 15.1. The summed E-state index contributed by atoms with van der Waals surface area (Å²) in [5.41, 5.74) is 6.90. The molecule has 1 aliphatic carbocycles. The molecule has 5 nitrogen and oxygen atoms in total. The summed E-state index contributed by atoms with van der Waals surface area (Å²) in [5, 5.41) is 25.5. The van der Waals surface area contributed by atoms with Crippen LogP contribution < -0.4 is 10.4 Å². The smallest absolute Gasteiger partial charge is 0.298 e. The summed E-state index contributed by atoms with van der Waals surface area (Å²) in [4.78, 5) is 5.00. The Kier molecular flexibility index (Phi) is 10.2. The van der Waals surface area contributed by atoms with Crippen LogP contribution in [-0.2, 0) is 16.3 Å². The number of aliphatic hydroxyl groups is 2. The molecule has 0 bridgehead atoms. The maximum absolute atomic E-state index is 12.5. The predicted molar refractivity (Wildman–Crippen MR) is 208 cm³/mol. The van der Waals surface area contributed by atoms with Crippen LogP contribution in [0.25, 0.3) is 28.2 Å². The zero-order valence-electron chi connectivity index (χ0n) is 29.5. The van der Waals surface area contributed by atoms with Gasteiger partial charge in [-0.2, -0.15) is 0 Å². The maximum atomic E-state index is 12.5. The van der Waals surface area contributed by atoms with Crippen LogP contribution in [0.3, 0.4) is 0 Å². The number of aromatic nitrogens is 1. The molecule has 0 spiro atoms. The third-order valence-corrected chi connectivity index (χ3v) is 12.3. The summed E-state index contributed by atoms with van der Waals surface area (Å²) in [6, 6.07) is 47.3. The average Bonchev–Trinajstić information content (AvgIpc) is 3.62. The fourth-order valence-corrected chi connectivity index (χ4v) is 9.73. The molecule has 7 rings (SSSR count). The Morgan fingerprint density at radius 3 is 1.86 bits per heavy atom. The van der Waals surface area contributed by atoms with E-state index < -0.39 is 21.1 Å². The van der Waals surface area contributed by atoms with Gasteiger partial charge in [0.15, 0.2) is 5.76 Å². The van der Waals surface area contributed by atoms with Gasteiger partial charge in [0.2, 0.25) is 5.89 Å². The molecule has 0 aliphatic heterocycles. The van der Waals surface area contributed by atoms with Crippen LogP contribution in [0.2, 0.25) is 0 Å². The molecule has 0 radical (unpaired) electrons. The van der Waals surface area contributed by atoms with E-state index in [9.17, 15) is 10.2 Å². The lowest BCUT2D eigenvalue weighted by Crippen LogP contribution is -2.45. The van der Waals surface area contributed by atoms with E-state index in [2.05, 4.69) is 87.5 Å². The number of aliphatic hydroxyl groups excluding tert-OH is 2. The van der Waals surface area contributed by atoms with E-state index in [4.69, 9.17) is 13.8 Å². The minimum atomic E-state index is -2.22. The van der Waals surface area contributed by atoms with Gasteiger partial charge in [0, 0.05) is 35.6 Å². The number of rotatable bonds is 11. The first-order valence-corrected chi connectivity index (χ1v) is 19.5. The molecule has 0 amide bonds. The number of hydrogen-bond acceptors (Lipinski definition) is 5. The number of nitrogens with zero attached hydrogens (tertiary/aromatic N) is 1. The molecular weight excluding hydrogens is 647 g/mol. The van der Waals surface area contributed by atoms with Gasteiger partial charge in [-0.15, -0.1) is 0 Å². The van der Waals surface area contributed by atoms with Gasteiger partial charge in [0.25, 0.3) is 9.04 Å². The van der Waals surface area contributed by atoms with Crippen molar-refractivity contribution in [2.45, 2.75) is 51.6 Å². The first-order valence-electron chi connectivity index (χ1n) is 17.9. The quantitative estimate of drug-likeness (QED) is 0.134. The first kappa shape index (κ1) is 34.4. The molecule has 6 aromatic rings. The van der Waals surface area contributed by atoms with Crippen LogP contribution in [-0.4, -0.2) is 30.8 Å². The van der Waals surface area contributed by atoms with Crippen LogP contribution in [0.5, 0.6) is 0 Å². The van der Waals surface area contributed by atoms with Crippen molar-refractivity contribution in [2.24, 2.45) is 5.92 Å². The lowest BCUT2D eigenvalue weighted by molar-refractivity contribution is 0.0906. The van der Waals surface area contributed by atoms with Gasteiger partial charge in [-0.3, -0.25) is 0 Å². The zero-order chi connectivity index (χ0) is 35.4. The molecule has 258 valence electrons. The highest BCUT2D eigenvalue weighted by atomic mass is 28.3. The van der Waals surface area contributed by atoms with Crippen molar-refractivity contribution >= 4 is 25.0 Å². The van der Waals surface area contributed by atoms with E-state index in [0.29, 0.717) is 24.3 Å². The Morgan fingerprint density at radius 2 is 1.29 bits per heavy atom. The van der Waals surface area contributed by atoms with Gasteiger partial charge in [0.05, 0.1) is 5.76 Å². The summed E-state index contributed by atoms with van der Waals surface area (Å²) in [5.74, 6) is 1.14.